The number of nitrogens with zero attached hydrogens (tertiary/aromatic N) is 4. The summed E-state index contributed by atoms with van der Waals surface area (Å²) < 4.78 is 56.5. The van der Waals surface area contributed by atoms with Crippen LogP contribution < -0.4 is 5.32 Å². The number of halogens is 4. The van der Waals surface area contributed by atoms with Crippen molar-refractivity contribution in [2.24, 2.45) is 17.8 Å². The predicted octanol–water partition coefficient (Wildman–Crippen LogP) is 5.41. The van der Waals surface area contributed by atoms with E-state index < -0.39 is 24.1 Å². The Morgan fingerprint density at radius 3 is 2.11 bits per heavy atom. The number of amides is 1. The molecule has 4 saturated carbocycles. The Hall–Kier alpha value is -2.62. The Balaban J connectivity index is 1.10. The van der Waals surface area contributed by atoms with Crippen LogP contribution in [0.3, 0.4) is 0 Å². The summed E-state index contributed by atoms with van der Waals surface area (Å²) in [4.78, 5) is 18.0. The fraction of sp³-hybridized carbons (Fsp3) is 0.643. The molecule has 0 radical (unpaired) electrons. The van der Waals surface area contributed by atoms with Crippen LogP contribution in [0, 0.1) is 23.6 Å². The zero-order chi connectivity index (χ0) is 26.2. The van der Waals surface area contributed by atoms with Crippen molar-refractivity contribution >= 4 is 11.7 Å². The molecule has 1 amide bonds. The van der Waals surface area contributed by atoms with Crippen LogP contribution in [-0.4, -0.2) is 63.4 Å². The molecule has 4 aliphatic carbocycles. The third-order valence-electron chi connectivity index (χ3n) is 9.98. The van der Waals surface area contributed by atoms with Gasteiger partial charge in [0, 0.05) is 38.1 Å². The Kier molecular flexibility index (Phi) is 5.59. The van der Waals surface area contributed by atoms with Crippen molar-refractivity contribution in [3.05, 3.63) is 47.4 Å². The molecule has 6 aliphatic rings. The van der Waals surface area contributed by atoms with Gasteiger partial charge in [-0.25, -0.2) is 9.07 Å². The number of benzene rings is 1. The molecule has 2 aromatic rings. The number of aromatic nitrogens is 2. The molecule has 2 unspecified atom stereocenters. The van der Waals surface area contributed by atoms with E-state index in [0.717, 1.165) is 35.5 Å². The summed E-state index contributed by atoms with van der Waals surface area (Å²) in [5.74, 6) is 1.89. The molecule has 204 valence electrons. The average molecular weight is 532 g/mol. The third kappa shape index (κ3) is 4.01. The highest BCUT2D eigenvalue weighted by Crippen LogP contribution is 2.58. The van der Waals surface area contributed by atoms with Gasteiger partial charge < -0.3 is 10.2 Å². The van der Waals surface area contributed by atoms with E-state index in [9.17, 15) is 22.4 Å². The van der Waals surface area contributed by atoms with Crippen LogP contribution in [0.25, 0.3) is 0 Å². The Bertz CT molecular complexity index is 1180. The van der Waals surface area contributed by atoms with E-state index in [0.29, 0.717) is 18.7 Å². The van der Waals surface area contributed by atoms with Crippen molar-refractivity contribution in [2.45, 2.75) is 68.7 Å². The molecular formula is C28H33F4N5O. The molecule has 1 saturated heterocycles. The van der Waals surface area contributed by atoms with Gasteiger partial charge in [-0.05, 0) is 74.0 Å². The van der Waals surface area contributed by atoms with Crippen molar-refractivity contribution in [1.29, 1.82) is 0 Å². The first kappa shape index (κ1) is 24.4. The van der Waals surface area contributed by atoms with Crippen molar-refractivity contribution in [1.82, 2.24) is 19.6 Å². The van der Waals surface area contributed by atoms with Gasteiger partial charge >= 0.3 is 6.18 Å². The third-order valence-corrected chi connectivity index (χ3v) is 9.98. The number of fused-ring (bicyclic) bond motifs is 1. The highest BCUT2D eigenvalue weighted by Gasteiger charge is 2.54. The summed E-state index contributed by atoms with van der Waals surface area (Å²) in [5.41, 5.74) is 0.981. The normalized spacial score (nSPS) is 34.7. The van der Waals surface area contributed by atoms with E-state index in [1.807, 2.05) is 0 Å². The van der Waals surface area contributed by atoms with Gasteiger partial charge in [0.25, 0.3) is 5.91 Å². The Morgan fingerprint density at radius 2 is 1.53 bits per heavy atom. The summed E-state index contributed by atoms with van der Waals surface area (Å²) in [6.45, 7) is 2.74. The summed E-state index contributed by atoms with van der Waals surface area (Å²) in [6, 6.07) is 2.85. The SMILES string of the molecule is O=C(c1cnn2c1NC(c1ccc(F)cc1)CC2C(F)(F)F)N1CCN(C23CC4CC(CC(C4)C2)C3)CC1. The quantitative estimate of drug-likeness (QED) is 0.539. The number of carbonyl (C=O) groups is 1. The van der Waals surface area contributed by atoms with Crippen molar-refractivity contribution in [2.75, 3.05) is 31.5 Å². The summed E-state index contributed by atoms with van der Waals surface area (Å²) >= 11 is 0. The van der Waals surface area contributed by atoms with E-state index >= 15 is 0 Å². The minimum atomic E-state index is -4.54. The lowest BCUT2D eigenvalue weighted by Crippen LogP contribution is -2.64. The zero-order valence-electron chi connectivity index (χ0n) is 21.3. The Labute approximate surface area is 219 Å². The topological polar surface area (TPSA) is 53.4 Å². The first-order valence-electron chi connectivity index (χ1n) is 13.9. The van der Waals surface area contributed by atoms with Crippen LogP contribution in [0.1, 0.15) is 73.0 Å². The summed E-state index contributed by atoms with van der Waals surface area (Å²) in [6.07, 6.45) is 4.42. The molecule has 1 aromatic heterocycles. The van der Waals surface area contributed by atoms with Gasteiger partial charge in [0.15, 0.2) is 6.04 Å². The fourth-order valence-electron chi connectivity index (χ4n) is 8.64. The second-order valence-electron chi connectivity index (χ2n) is 12.3. The smallest absolute Gasteiger partial charge is 0.363 e. The standard InChI is InChI=1S/C28H33F4N5O/c29-21-3-1-20(2-4-21)23-12-24(28(30,31)32)37-25(34-23)22(16-33-37)26(38)35-5-7-36(8-6-35)27-13-17-9-18(14-27)11-19(10-17)15-27/h1-4,16-19,23-24,34H,5-15H2. The molecule has 1 aromatic carbocycles. The largest absolute Gasteiger partial charge is 0.410 e. The molecule has 2 aliphatic heterocycles. The van der Waals surface area contributed by atoms with Gasteiger partial charge in [-0.3, -0.25) is 9.69 Å². The molecule has 0 spiro atoms. The van der Waals surface area contributed by atoms with E-state index in [4.69, 9.17) is 0 Å². The number of rotatable bonds is 3. The Morgan fingerprint density at radius 1 is 0.921 bits per heavy atom. The molecule has 3 heterocycles. The molecule has 1 N–H and O–H groups in total. The van der Waals surface area contributed by atoms with Crippen LogP contribution >= 0.6 is 0 Å². The highest BCUT2D eigenvalue weighted by molar-refractivity contribution is 5.99. The lowest BCUT2D eigenvalue weighted by atomic mass is 9.52. The second kappa shape index (κ2) is 8.69. The molecular weight excluding hydrogens is 498 g/mol. The molecule has 2 atom stereocenters. The maximum Gasteiger partial charge on any atom is 0.410 e. The first-order valence-corrected chi connectivity index (χ1v) is 13.9. The molecule has 8 rings (SSSR count). The van der Waals surface area contributed by atoms with E-state index in [1.54, 1.807) is 4.90 Å². The lowest BCUT2D eigenvalue weighted by molar-refractivity contribution is -0.173. The monoisotopic (exact) mass is 531 g/mol. The van der Waals surface area contributed by atoms with Gasteiger partial charge in [0.1, 0.15) is 17.2 Å². The van der Waals surface area contributed by atoms with Crippen molar-refractivity contribution < 1.29 is 22.4 Å². The molecule has 5 fully saturated rings. The van der Waals surface area contributed by atoms with E-state index in [1.165, 1.54) is 69.0 Å². The number of hydrogen-bond acceptors (Lipinski definition) is 4. The van der Waals surface area contributed by atoms with E-state index in [2.05, 4.69) is 15.3 Å². The average Bonchev–Trinajstić information content (AvgIpc) is 3.31. The van der Waals surface area contributed by atoms with Gasteiger partial charge in [-0.1, -0.05) is 12.1 Å². The second-order valence-corrected chi connectivity index (χ2v) is 12.3. The molecule has 10 heteroatoms. The minimum Gasteiger partial charge on any atom is -0.363 e. The van der Waals surface area contributed by atoms with Crippen LogP contribution in [0.15, 0.2) is 30.5 Å². The summed E-state index contributed by atoms with van der Waals surface area (Å²) in [5, 5.41) is 7.14. The minimum absolute atomic E-state index is 0.0846. The maximum absolute atomic E-state index is 14.0. The van der Waals surface area contributed by atoms with Gasteiger partial charge in [0.2, 0.25) is 0 Å². The highest BCUT2D eigenvalue weighted by atomic mass is 19.4. The lowest BCUT2D eigenvalue weighted by Gasteiger charge is -2.61. The number of alkyl halides is 3. The number of anilines is 1. The van der Waals surface area contributed by atoms with Crippen molar-refractivity contribution in [3.8, 4) is 0 Å². The molecule has 4 bridgehead atoms. The number of carbonyl (C=O) groups excluding carboxylic acids is 1. The van der Waals surface area contributed by atoms with Gasteiger partial charge in [-0.2, -0.15) is 18.3 Å². The predicted molar refractivity (Wildman–Crippen MR) is 133 cm³/mol. The number of hydrogen-bond donors (Lipinski definition) is 1. The summed E-state index contributed by atoms with van der Waals surface area (Å²) in [7, 11) is 0. The van der Waals surface area contributed by atoms with Crippen LogP contribution in [0.4, 0.5) is 23.4 Å². The van der Waals surface area contributed by atoms with Crippen molar-refractivity contribution in [3.63, 3.8) is 0 Å². The number of nitrogens with one attached hydrogen (secondary N) is 1. The fourth-order valence-corrected chi connectivity index (χ4v) is 8.64. The number of piperazine rings is 1. The first-order chi connectivity index (χ1) is 18.2. The van der Waals surface area contributed by atoms with E-state index in [-0.39, 0.29) is 29.2 Å². The van der Waals surface area contributed by atoms with Crippen LogP contribution in [-0.2, 0) is 0 Å². The maximum atomic E-state index is 14.0. The molecule has 6 nitrogen and oxygen atoms in total. The van der Waals surface area contributed by atoms with Crippen LogP contribution in [0.5, 0.6) is 0 Å². The van der Waals surface area contributed by atoms with Crippen LogP contribution in [0.2, 0.25) is 0 Å². The zero-order valence-corrected chi connectivity index (χ0v) is 21.3. The van der Waals surface area contributed by atoms with Gasteiger partial charge in [-0.15, -0.1) is 0 Å². The molecule has 38 heavy (non-hydrogen) atoms. The van der Waals surface area contributed by atoms with Gasteiger partial charge in [0.05, 0.1) is 12.2 Å².